The third kappa shape index (κ3) is 16.3. The Morgan fingerprint density at radius 3 is 2.14 bits per heavy atom. The number of nitrogens with zero attached hydrogens (tertiary/aromatic N) is 2. The predicted molar refractivity (Wildman–Crippen MR) is 118 cm³/mol. The minimum atomic E-state index is -0.529. The van der Waals surface area contributed by atoms with Crippen LogP contribution < -0.4 is 0 Å². The molecule has 0 aromatic rings. The van der Waals surface area contributed by atoms with Crippen LogP contribution in [0.3, 0.4) is 0 Å². The lowest BCUT2D eigenvalue weighted by Crippen LogP contribution is -2.38. The van der Waals surface area contributed by atoms with E-state index in [1.54, 1.807) is 4.90 Å². The van der Waals surface area contributed by atoms with Gasteiger partial charge in [0.15, 0.2) is 0 Å². The second kappa shape index (κ2) is 18.5. The number of hydrogen-bond donors (Lipinski definition) is 2. The molecule has 0 saturated heterocycles. The standard InChI is InChI=1S/C17H31N3O4.2C2H6/c1-7-13(23-15(8-2)19-14(18)12-21)10-11-20(9-3)16(22)24-17(4,5)6;2*1-2/h8,13,18,21H,2,7,9-12H2,1,3-6H3;2*1-2H3. The van der Waals surface area contributed by atoms with Gasteiger partial charge in [-0.25, -0.2) is 4.79 Å². The number of amidine groups is 1. The highest BCUT2D eigenvalue weighted by Crippen LogP contribution is 2.12. The average Bonchev–Trinajstić information content (AvgIpc) is 2.68. The molecule has 0 radical (unpaired) electrons. The molecule has 0 aromatic carbocycles. The van der Waals surface area contributed by atoms with Crippen LogP contribution in [0.5, 0.6) is 0 Å². The highest BCUT2D eigenvalue weighted by atomic mass is 16.6. The molecule has 0 saturated carbocycles. The Balaban J connectivity index is -0.00000146. The lowest BCUT2D eigenvalue weighted by molar-refractivity contribution is 0.0235. The van der Waals surface area contributed by atoms with E-state index in [4.69, 9.17) is 20.0 Å². The number of carbonyl (C=O) groups is 1. The van der Waals surface area contributed by atoms with Gasteiger partial charge in [-0.15, -0.1) is 0 Å². The normalized spacial score (nSPS) is 11.7. The minimum Gasteiger partial charge on any atom is -0.474 e. The smallest absolute Gasteiger partial charge is 0.410 e. The van der Waals surface area contributed by atoms with Crippen molar-refractivity contribution in [2.24, 2.45) is 4.99 Å². The zero-order valence-corrected chi connectivity index (χ0v) is 19.5. The first-order chi connectivity index (χ1) is 13.2. The van der Waals surface area contributed by atoms with E-state index in [9.17, 15) is 4.79 Å². The summed E-state index contributed by atoms with van der Waals surface area (Å²) in [5.74, 6) is 0.00455. The number of hydrogen-bond acceptors (Lipinski definition) is 5. The number of carbonyl (C=O) groups excluding carboxylic acids is 1. The second-order valence-electron chi connectivity index (χ2n) is 6.26. The molecule has 28 heavy (non-hydrogen) atoms. The Bertz CT molecular complexity index is 457. The summed E-state index contributed by atoms with van der Waals surface area (Å²) in [6.07, 6.45) is 2.19. The molecular weight excluding hydrogens is 358 g/mol. The van der Waals surface area contributed by atoms with Crippen LogP contribution in [-0.2, 0) is 9.47 Å². The van der Waals surface area contributed by atoms with Crippen LogP contribution >= 0.6 is 0 Å². The van der Waals surface area contributed by atoms with Crippen LogP contribution in [0.25, 0.3) is 0 Å². The summed E-state index contributed by atoms with van der Waals surface area (Å²) in [5, 5.41) is 16.2. The first-order valence-corrected chi connectivity index (χ1v) is 10.2. The van der Waals surface area contributed by atoms with E-state index in [1.807, 2.05) is 62.3 Å². The van der Waals surface area contributed by atoms with Crippen LogP contribution in [0.4, 0.5) is 4.79 Å². The second-order valence-corrected chi connectivity index (χ2v) is 6.26. The first kappa shape index (κ1) is 30.8. The molecule has 0 aliphatic rings. The van der Waals surface area contributed by atoms with Gasteiger partial charge in [0.05, 0.1) is 0 Å². The number of amides is 1. The molecule has 1 amide bonds. The first-order valence-electron chi connectivity index (χ1n) is 10.2. The van der Waals surface area contributed by atoms with Crippen LogP contribution in [-0.4, -0.2) is 59.2 Å². The Morgan fingerprint density at radius 1 is 1.25 bits per heavy atom. The topological polar surface area (TPSA) is 95.2 Å². The number of aliphatic hydroxyl groups is 1. The molecule has 7 nitrogen and oxygen atoms in total. The fourth-order valence-corrected chi connectivity index (χ4v) is 1.81. The van der Waals surface area contributed by atoms with Crippen molar-refractivity contribution >= 4 is 17.8 Å². The highest BCUT2D eigenvalue weighted by molar-refractivity contribution is 5.98. The van der Waals surface area contributed by atoms with Crippen LogP contribution in [0.1, 0.15) is 75.2 Å². The Hall–Kier alpha value is -1.89. The fourth-order valence-electron chi connectivity index (χ4n) is 1.81. The van der Waals surface area contributed by atoms with Crippen molar-refractivity contribution in [3.8, 4) is 0 Å². The van der Waals surface area contributed by atoms with Gasteiger partial charge < -0.3 is 19.5 Å². The molecule has 0 spiro atoms. The van der Waals surface area contributed by atoms with Gasteiger partial charge in [0.25, 0.3) is 0 Å². The van der Waals surface area contributed by atoms with Gasteiger partial charge in [-0.3, -0.25) is 5.41 Å². The van der Waals surface area contributed by atoms with Gasteiger partial charge in [-0.2, -0.15) is 4.99 Å². The number of rotatable bonds is 8. The van der Waals surface area contributed by atoms with E-state index in [0.717, 1.165) is 0 Å². The maximum atomic E-state index is 12.1. The Morgan fingerprint density at radius 2 is 1.79 bits per heavy atom. The molecule has 0 aliphatic carbocycles. The minimum absolute atomic E-state index is 0.176. The summed E-state index contributed by atoms with van der Waals surface area (Å²) in [6.45, 7) is 21.5. The molecule has 0 heterocycles. The molecule has 0 aromatic heterocycles. The van der Waals surface area contributed by atoms with E-state index in [0.29, 0.717) is 25.9 Å². The van der Waals surface area contributed by atoms with Gasteiger partial charge in [-0.1, -0.05) is 41.2 Å². The lowest BCUT2D eigenvalue weighted by atomic mass is 10.2. The van der Waals surface area contributed by atoms with Crippen molar-refractivity contribution in [1.29, 1.82) is 5.41 Å². The average molecular weight is 402 g/mol. The summed E-state index contributed by atoms with van der Waals surface area (Å²) in [7, 11) is 0. The molecular formula is C21H43N3O4. The van der Waals surface area contributed by atoms with Gasteiger partial charge >= 0.3 is 6.09 Å². The molecule has 0 bridgehead atoms. The highest BCUT2D eigenvalue weighted by Gasteiger charge is 2.22. The molecule has 166 valence electrons. The maximum Gasteiger partial charge on any atom is 0.410 e. The number of nitrogens with one attached hydrogen (secondary N) is 1. The summed E-state index contributed by atoms with van der Waals surface area (Å²) in [6, 6.07) is 0. The van der Waals surface area contributed by atoms with Crippen LogP contribution in [0.15, 0.2) is 17.6 Å². The summed E-state index contributed by atoms with van der Waals surface area (Å²) < 4.78 is 11.1. The van der Waals surface area contributed by atoms with Crippen molar-refractivity contribution in [2.45, 2.75) is 86.9 Å². The number of ether oxygens (including phenoxy) is 2. The zero-order chi connectivity index (χ0) is 22.8. The third-order valence-electron chi connectivity index (χ3n) is 3.07. The SMILES string of the molecule is C=CC(=NC(=N)CO)OC(CC)CCN(CC)C(=O)OC(C)(C)C.CC.CC. The number of aliphatic imine (C=N–C) groups is 1. The number of aliphatic hydroxyl groups excluding tert-OH is 1. The molecule has 0 aliphatic heterocycles. The summed E-state index contributed by atoms with van der Waals surface area (Å²) in [5.41, 5.74) is -0.529. The molecule has 7 heteroatoms. The third-order valence-corrected chi connectivity index (χ3v) is 3.07. The maximum absolute atomic E-state index is 12.1. The molecule has 1 atom stereocenters. The Labute approximate surface area is 172 Å². The van der Waals surface area contributed by atoms with Crippen molar-refractivity contribution < 1.29 is 19.4 Å². The molecule has 2 N–H and O–H groups in total. The van der Waals surface area contributed by atoms with Crippen molar-refractivity contribution in [1.82, 2.24) is 4.90 Å². The van der Waals surface area contributed by atoms with Crippen LogP contribution in [0, 0.1) is 5.41 Å². The van der Waals surface area contributed by atoms with E-state index < -0.39 is 12.2 Å². The van der Waals surface area contributed by atoms with Crippen molar-refractivity contribution in [3.05, 3.63) is 12.7 Å². The lowest BCUT2D eigenvalue weighted by Gasteiger charge is -2.27. The monoisotopic (exact) mass is 401 g/mol. The van der Waals surface area contributed by atoms with Crippen molar-refractivity contribution in [2.75, 3.05) is 19.7 Å². The summed E-state index contributed by atoms with van der Waals surface area (Å²) in [4.78, 5) is 17.6. The zero-order valence-electron chi connectivity index (χ0n) is 19.5. The van der Waals surface area contributed by atoms with Crippen molar-refractivity contribution in [3.63, 3.8) is 0 Å². The van der Waals surface area contributed by atoms with Gasteiger partial charge in [-0.05, 0) is 40.2 Å². The molecule has 1 unspecified atom stereocenters. The van der Waals surface area contributed by atoms with E-state index in [2.05, 4.69) is 11.6 Å². The largest absolute Gasteiger partial charge is 0.474 e. The van der Waals surface area contributed by atoms with Crippen LogP contribution in [0.2, 0.25) is 0 Å². The molecule has 0 rings (SSSR count). The Kier molecular flexibility index (Phi) is 20.3. The van der Waals surface area contributed by atoms with E-state index in [-0.39, 0.29) is 23.9 Å². The quantitative estimate of drug-likeness (QED) is 0.440. The fraction of sp³-hybridized carbons (Fsp3) is 0.762. The van der Waals surface area contributed by atoms with Gasteiger partial charge in [0, 0.05) is 19.5 Å². The van der Waals surface area contributed by atoms with Gasteiger partial charge in [0.2, 0.25) is 5.90 Å². The predicted octanol–water partition coefficient (Wildman–Crippen LogP) is 5.04. The van der Waals surface area contributed by atoms with E-state index in [1.165, 1.54) is 6.08 Å². The molecule has 0 fully saturated rings. The summed E-state index contributed by atoms with van der Waals surface area (Å²) >= 11 is 0. The van der Waals surface area contributed by atoms with Gasteiger partial charge in [0.1, 0.15) is 24.1 Å². The van der Waals surface area contributed by atoms with E-state index >= 15 is 0 Å².